The minimum atomic E-state index is -3.71. The maximum absolute atomic E-state index is 13.0. The summed E-state index contributed by atoms with van der Waals surface area (Å²) in [6.07, 6.45) is 0.513. The first-order valence-corrected chi connectivity index (χ1v) is 10.6. The predicted octanol–water partition coefficient (Wildman–Crippen LogP) is 2.71. The maximum atomic E-state index is 13.0. The summed E-state index contributed by atoms with van der Waals surface area (Å²) in [5.41, 5.74) is 1.67. The van der Waals surface area contributed by atoms with Gasteiger partial charge in [0.05, 0.1) is 23.7 Å². The molecule has 1 fully saturated rings. The van der Waals surface area contributed by atoms with Gasteiger partial charge in [0.25, 0.3) is 0 Å². The molecule has 0 saturated carbocycles. The second kappa shape index (κ2) is 8.62. The highest BCUT2D eigenvalue weighted by Crippen LogP contribution is 2.25. The first kappa shape index (κ1) is 20.8. The SMILES string of the molecule is COC(=O)c1cccc(NC(=O)NC2CCCN2S(=O)(=O)c2ccc(C)cc2)c1. The van der Waals surface area contributed by atoms with Gasteiger partial charge >= 0.3 is 12.0 Å². The molecule has 0 aliphatic carbocycles. The van der Waals surface area contributed by atoms with E-state index in [0.717, 1.165) is 5.56 Å². The van der Waals surface area contributed by atoms with Crippen LogP contribution in [0.4, 0.5) is 10.5 Å². The molecular formula is C20H23N3O5S. The largest absolute Gasteiger partial charge is 0.465 e. The standard InChI is InChI=1S/C20H23N3O5S/c1-14-8-10-17(11-9-14)29(26,27)23-12-4-7-18(23)22-20(25)21-16-6-3-5-15(13-16)19(24)28-2/h3,5-6,8-11,13,18H,4,7,12H2,1-2H3,(H2,21,22,25). The van der Waals surface area contributed by atoms with Crippen LogP contribution < -0.4 is 10.6 Å². The molecule has 3 rings (SSSR count). The number of nitrogens with zero attached hydrogens (tertiary/aromatic N) is 1. The van der Waals surface area contributed by atoms with Gasteiger partial charge in [0.1, 0.15) is 0 Å². The Morgan fingerprint density at radius 2 is 1.86 bits per heavy atom. The Hall–Kier alpha value is -2.91. The molecule has 1 unspecified atom stereocenters. The number of benzene rings is 2. The summed E-state index contributed by atoms with van der Waals surface area (Å²) < 4.78 is 31.9. The van der Waals surface area contributed by atoms with E-state index in [1.54, 1.807) is 42.5 Å². The number of sulfonamides is 1. The zero-order valence-electron chi connectivity index (χ0n) is 16.2. The van der Waals surface area contributed by atoms with Gasteiger partial charge in [-0.05, 0) is 50.1 Å². The van der Waals surface area contributed by atoms with E-state index in [4.69, 9.17) is 0 Å². The van der Waals surface area contributed by atoms with E-state index in [2.05, 4.69) is 15.4 Å². The van der Waals surface area contributed by atoms with Gasteiger partial charge < -0.3 is 15.4 Å². The quantitative estimate of drug-likeness (QED) is 0.728. The highest BCUT2D eigenvalue weighted by molar-refractivity contribution is 7.89. The van der Waals surface area contributed by atoms with Crippen molar-refractivity contribution < 1.29 is 22.7 Å². The van der Waals surface area contributed by atoms with Gasteiger partial charge in [0.15, 0.2) is 0 Å². The lowest BCUT2D eigenvalue weighted by Crippen LogP contribution is -2.48. The first-order valence-electron chi connectivity index (χ1n) is 9.15. The van der Waals surface area contributed by atoms with Crippen LogP contribution in [0, 0.1) is 6.92 Å². The molecule has 2 aromatic carbocycles. The van der Waals surface area contributed by atoms with Crippen molar-refractivity contribution in [3.63, 3.8) is 0 Å². The van der Waals surface area contributed by atoms with Crippen LogP contribution in [0.15, 0.2) is 53.4 Å². The number of ether oxygens (including phenoxy) is 1. The molecule has 1 aliphatic heterocycles. The summed E-state index contributed by atoms with van der Waals surface area (Å²) in [5, 5.41) is 5.34. The van der Waals surface area contributed by atoms with Crippen LogP contribution in [0.3, 0.4) is 0 Å². The van der Waals surface area contributed by atoms with E-state index < -0.39 is 28.2 Å². The Morgan fingerprint density at radius 1 is 1.14 bits per heavy atom. The maximum Gasteiger partial charge on any atom is 0.337 e. The Labute approximate surface area is 169 Å². The summed E-state index contributed by atoms with van der Waals surface area (Å²) >= 11 is 0. The molecule has 0 radical (unpaired) electrons. The molecule has 2 amide bonds. The molecule has 0 aromatic heterocycles. The van der Waals surface area contributed by atoms with Crippen LogP contribution in [0.25, 0.3) is 0 Å². The molecule has 2 N–H and O–H groups in total. The first-order chi connectivity index (χ1) is 13.8. The Kier molecular flexibility index (Phi) is 6.19. The topological polar surface area (TPSA) is 105 Å². The molecule has 1 atom stereocenters. The highest BCUT2D eigenvalue weighted by atomic mass is 32.2. The highest BCUT2D eigenvalue weighted by Gasteiger charge is 2.36. The van der Waals surface area contributed by atoms with Crippen LogP contribution in [0.2, 0.25) is 0 Å². The molecule has 1 saturated heterocycles. The third-order valence-corrected chi connectivity index (χ3v) is 6.59. The fraction of sp³-hybridized carbons (Fsp3) is 0.300. The van der Waals surface area contributed by atoms with E-state index in [1.165, 1.54) is 17.5 Å². The zero-order valence-corrected chi connectivity index (χ0v) is 17.0. The molecule has 1 heterocycles. The number of amides is 2. The zero-order chi connectivity index (χ0) is 21.0. The summed E-state index contributed by atoms with van der Waals surface area (Å²) in [7, 11) is -2.44. The molecule has 8 nitrogen and oxygen atoms in total. The average molecular weight is 417 g/mol. The number of esters is 1. The van der Waals surface area contributed by atoms with E-state index >= 15 is 0 Å². The molecule has 29 heavy (non-hydrogen) atoms. The van der Waals surface area contributed by atoms with Gasteiger partial charge in [-0.15, -0.1) is 0 Å². The second-order valence-corrected chi connectivity index (χ2v) is 8.65. The molecule has 1 aliphatic rings. The number of rotatable bonds is 5. The van der Waals surface area contributed by atoms with Crippen LogP contribution in [-0.2, 0) is 14.8 Å². The Morgan fingerprint density at radius 3 is 2.55 bits per heavy atom. The van der Waals surface area contributed by atoms with Crippen molar-refractivity contribution >= 4 is 27.7 Å². The molecular weight excluding hydrogens is 394 g/mol. The predicted molar refractivity (Wildman–Crippen MR) is 108 cm³/mol. The summed E-state index contributed by atoms with van der Waals surface area (Å²) in [4.78, 5) is 24.2. The number of urea groups is 1. The van der Waals surface area contributed by atoms with Crippen molar-refractivity contribution in [2.45, 2.75) is 30.8 Å². The summed E-state index contributed by atoms with van der Waals surface area (Å²) in [6, 6.07) is 12.4. The number of hydrogen-bond acceptors (Lipinski definition) is 5. The lowest BCUT2D eigenvalue weighted by Gasteiger charge is -2.25. The van der Waals surface area contributed by atoms with Crippen molar-refractivity contribution in [2.24, 2.45) is 0 Å². The monoisotopic (exact) mass is 417 g/mol. The number of methoxy groups -OCH3 is 1. The number of aryl methyl sites for hydroxylation is 1. The number of nitrogens with one attached hydrogen (secondary N) is 2. The van der Waals surface area contributed by atoms with Crippen molar-refractivity contribution in [2.75, 3.05) is 19.0 Å². The van der Waals surface area contributed by atoms with Crippen molar-refractivity contribution in [1.29, 1.82) is 0 Å². The van der Waals surface area contributed by atoms with Gasteiger partial charge in [-0.2, -0.15) is 4.31 Å². The minimum Gasteiger partial charge on any atom is -0.465 e. The second-order valence-electron chi connectivity index (χ2n) is 6.76. The average Bonchev–Trinajstić information content (AvgIpc) is 3.16. The number of anilines is 1. The number of hydrogen-bond donors (Lipinski definition) is 2. The molecule has 0 bridgehead atoms. The van der Waals surface area contributed by atoms with Crippen molar-refractivity contribution in [3.8, 4) is 0 Å². The van der Waals surface area contributed by atoms with E-state index in [1.807, 2.05) is 6.92 Å². The fourth-order valence-corrected chi connectivity index (χ4v) is 4.79. The third kappa shape index (κ3) is 4.75. The third-order valence-electron chi connectivity index (χ3n) is 4.67. The Balaban J connectivity index is 1.70. The van der Waals surface area contributed by atoms with E-state index in [0.29, 0.717) is 30.6 Å². The normalized spacial score (nSPS) is 17.0. The van der Waals surface area contributed by atoms with Crippen LogP contribution in [0.5, 0.6) is 0 Å². The number of carbonyl (C=O) groups is 2. The number of carbonyl (C=O) groups excluding carboxylic acids is 2. The molecule has 0 spiro atoms. The fourth-order valence-electron chi connectivity index (χ4n) is 3.18. The smallest absolute Gasteiger partial charge is 0.337 e. The molecule has 9 heteroatoms. The van der Waals surface area contributed by atoms with Gasteiger partial charge in [0.2, 0.25) is 10.0 Å². The molecule has 154 valence electrons. The summed E-state index contributed by atoms with van der Waals surface area (Å²) in [6.45, 7) is 2.22. The Bertz CT molecular complexity index is 1010. The van der Waals surface area contributed by atoms with Crippen molar-refractivity contribution in [1.82, 2.24) is 9.62 Å². The van der Waals surface area contributed by atoms with Crippen LogP contribution in [-0.4, -0.2) is 44.5 Å². The van der Waals surface area contributed by atoms with Gasteiger partial charge in [-0.1, -0.05) is 23.8 Å². The van der Waals surface area contributed by atoms with Crippen molar-refractivity contribution in [3.05, 3.63) is 59.7 Å². The van der Waals surface area contributed by atoms with Crippen LogP contribution in [0.1, 0.15) is 28.8 Å². The van der Waals surface area contributed by atoms with Gasteiger partial charge in [-0.25, -0.2) is 18.0 Å². The van der Waals surface area contributed by atoms with Gasteiger partial charge in [0, 0.05) is 12.2 Å². The van der Waals surface area contributed by atoms with E-state index in [9.17, 15) is 18.0 Å². The minimum absolute atomic E-state index is 0.197. The summed E-state index contributed by atoms with van der Waals surface area (Å²) in [5.74, 6) is -0.514. The van der Waals surface area contributed by atoms with Gasteiger partial charge in [-0.3, -0.25) is 0 Å². The van der Waals surface area contributed by atoms with E-state index in [-0.39, 0.29) is 4.90 Å². The molecule has 2 aromatic rings. The lowest BCUT2D eigenvalue weighted by atomic mass is 10.2. The lowest BCUT2D eigenvalue weighted by molar-refractivity contribution is 0.0600. The van der Waals surface area contributed by atoms with Crippen LogP contribution >= 0.6 is 0 Å².